The van der Waals surface area contributed by atoms with Crippen molar-refractivity contribution in [2.24, 2.45) is 11.1 Å². The average molecular weight is 313 g/mol. The maximum absolute atomic E-state index is 11.4. The van der Waals surface area contributed by atoms with Gasteiger partial charge < -0.3 is 15.7 Å². The fourth-order valence-electron chi connectivity index (χ4n) is 2.27. The summed E-state index contributed by atoms with van der Waals surface area (Å²) < 4.78 is 0.933. The Morgan fingerprint density at radius 1 is 1.61 bits per heavy atom. The topological polar surface area (TPSA) is 66.6 Å². The smallest absolute Gasteiger partial charge is 0.225 e. The summed E-state index contributed by atoms with van der Waals surface area (Å²) >= 11 is 3.50. The fourth-order valence-corrected chi connectivity index (χ4v) is 2.95. The van der Waals surface area contributed by atoms with Crippen LogP contribution in [0.15, 0.2) is 22.7 Å². The van der Waals surface area contributed by atoms with Crippen molar-refractivity contribution in [3.63, 3.8) is 0 Å². The molecule has 1 heterocycles. The van der Waals surface area contributed by atoms with Gasteiger partial charge in [0.25, 0.3) is 0 Å². The van der Waals surface area contributed by atoms with E-state index in [1.165, 1.54) is 0 Å². The summed E-state index contributed by atoms with van der Waals surface area (Å²) in [6.07, 6.45) is 0.774. The van der Waals surface area contributed by atoms with Crippen LogP contribution in [0.3, 0.4) is 0 Å². The van der Waals surface area contributed by atoms with E-state index in [1.54, 1.807) is 0 Å². The first-order chi connectivity index (χ1) is 8.46. The number of halogens is 1. The average Bonchev–Trinajstić information content (AvgIpc) is 2.73. The van der Waals surface area contributed by atoms with E-state index in [-0.39, 0.29) is 12.5 Å². The molecule has 0 radical (unpaired) electrons. The molecule has 0 bridgehead atoms. The molecule has 18 heavy (non-hydrogen) atoms. The molecule has 0 spiro atoms. The maximum Gasteiger partial charge on any atom is 0.225 e. The first-order valence-corrected chi connectivity index (χ1v) is 6.70. The molecule has 1 fully saturated rings. The highest BCUT2D eigenvalue weighted by molar-refractivity contribution is 9.10. The predicted molar refractivity (Wildman–Crippen MR) is 74.2 cm³/mol. The number of aliphatic hydroxyl groups excluding tert-OH is 1. The minimum Gasteiger partial charge on any atom is -0.392 e. The molecule has 1 aliphatic rings. The molecule has 1 amide bonds. The lowest BCUT2D eigenvalue weighted by Crippen LogP contribution is -2.37. The Kier molecular flexibility index (Phi) is 3.64. The Morgan fingerprint density at radius 2 is 2.33 bits per heavy atom. The lowest BCUT2D eigenvalue weighted by Gasteiger charge is -2.23. The van der Waals surface area contributed by atoms with Crippen LogP contribution in [-0.4, -0.2) is 24.1 Å². The van der Waals surface area contributed by atoms with Gasteiger partial charge in [0.15, 0.2) is 0 Å². The Bertz CT molecular complexity index is 478. The molecular weight excluding hydrogens is 296 g/mol. The molecule has 1 aromatic rings. The largest absolute Gasteiger partial charge is 0.392 e. The van der Waals surface area contributed by atoms with Crippen LogP contribution in [0.5, 0.6) is 0 Å². The van der Waals surface area contributed by atoms with E-state index in [9.17, 15) is 4.79 Å². The molecule has 3 N–H and O–H groups in total. The van der Waals surface area contributed by atoms with E-state index in [1.807, 2.05) is 25.1 Å². The van der Waals surface area contributed by atoms with Gasteiger partial charge in [-0.1, -0.05) is 6.07 Å². The number of hydrogen-bond donors (Lipinski definition) is 2. The van der Waals surface area contributed by atoms with Crippen LogP contribution in [-0.2, 0) is 11.4 Å². The number of aliphatic hydroxyl groups is 1. The van der Waals surface area contributed by atoms with E-state index in [2.05, 4.69) is 20.8 Å². The third-order valence-corrected chi connectivity index (χ3v) is 4.24. The van der Waals surface area contributed by atoms with Crippen LogP contribution >= 0.6 is 15.9 Å². The van der Waals surface area contributed by atoms with Crippen molar-refractivity contribution >= 4 is 27.5 Å². The first-order valence-electron chi connectivity index (χ1n) is 5.90. The van der Waals surface area contributed by atoms with Crippen LogP contribution in [0.25, 0.3) is 0 Å². The summed E-state index contributed by atoms with van der Waals surface area (Å²) in [5, 5.41) is 9.08. The highest BCUT2D eigenvalue weighted by Crippen LogP contribution is 2.36. The van der Waals surface area contributed by atoms with Crippen molar-refractivity contribution in [3.8, 4) is 0 Å². The number of benzene rings is 1. The van der Waals surface area contributed by atoms with Crippen molar-refractivity contribution < 1.29 is 9.90 Å². The lowest BCUT2D eigenvalue weighted by molar-refractivity contribution is -0.125. The summed E-state index contributed by atoms with van der Waals surface area (Å²) in [5.74, 6) is -0.242. The molecular formula is C13H17BrN2O2. The fraction of sp³-hybridized carbons (Fsp3) is 0.462. The van der Waals surface area contributed by atoms with Crippen molar-refractivity contribution in [2.75, 3.05) is 18.0 Å². The molecule has 0 aliphatic carbocycles. The molecule has 0 aromatic heterocycles. The van der Waals surface area contributed by atoms with Crippen LogP contribution in [0.4, 0.5) is 5.69 Å². The molecule has 1 saturated heterocycles. The number of nitrogens with zero attached hydrogens (tertiary/aromatic N) is 1. The van der Waals surface area contributed by atoms with Gasteiger partial charge in [0.05, 0.1) is 17.7 Å². The molecule has 1 aliphatic heterocycles. The number of carbonyl (C=O) groups excluding carboxylic acids is 1. The van der Waals surface area contributed by atoms with E-state index in [0.717, 1.165) is 28.7 Å². The van der Waals surface area contributed by atoms with Crippen LogP contribution in [0, 0.1) is 5.41 Å². The second-order valence-electron chi connectivity index (χ2n) is 5.04. The second-order valence-corrected chi connectivity index (χ2v) is 5.89. The van der Waals surface area contributed by atoms with Gasteiger partial charge in [0.1, 0.15) is 0 Å². The highest BCUT2D eigenvalue weighted by Gasteiger charge is 2.39. The van der Waals surface area contributed by atoms with Gasteiger partial charge in [-0.2, -0.15) is 0 Å². The van der Waals surface area contributed by atoms with E-state index >= 15 is 0 Å². The van der Waals surface area contributed by atoms with Crippen LogP contribution < -0.4 is 10.6 Å². The van der Waals surface area contributed by atoms with Gasteiger partial charge in [-0.25, -0.2) is 0 Å². The number of carbonyl (C=O) groups is 1. The third kappa shape index (κ3) is 2.37. The van der Waals surface area contributed by atoms with Gasteiger partial charge in [0.2, 0.25) is 5.91 Å². The molecule has 4 nitrogen and oxygen atoms in total. The summed E-state index contributed by atoms with van der Waals surface area (Å²) in [6.45, 7) is 3.39. The van der Waals surface area contributed by atoms with E-state index < -0.39 is 5.41 Å². The SMILES string of the molecule is CC1(C(N)=O)CCN(c2ccc(CO)cc2Br)C1. The van der Waals surface area contributed by atoms with Gasteiger partial charge in [0, 0.05) is 17.6 Å². The quantitative estimate of drug-likeness (QED) is 0.891. The molecule has 5 heteroatoms. The summed E-state index contributed by atoms with van der Waals surface area (Å²) in [5.41, 5.74) is 6.90. The zero-order valence-electron chi connectivity index (χ0n) is 10.3. The Hall–Kier alpha value is -1.07. The third-order valence-electron chi connectivity index (χ3n) is 3.60. The Balaban J connectivity index is 2.22. The van der Waals surface area contributed by atoms with Crippen LogP contribution in [0.2, 0.25) is 0 Å². The van der Waals surface area contributed by atoms with E-state index in [4.69, 9.17) is 10.8 Å². The highest BCUT2D eigenvalue weighted by atomic mass is 79.9. The van der Waals surface area contributed by atoms with Crippen molar-refractivity contribution in [2.45, 2.75) is 20.0 Å². The van der Waals surface area contributed by atoms with Gasteiger partial charge in [-0.15, -0.1) is 0 Å². The van der Waals surface area contributed by atoms with Gasteiger partial charge in [-0.05, 0) is 47.0 Å². The van der Waals surface area contributed by atoms with E-state index in [0.29, 0.717) is 6.54 Å². The first kappa shape index (κ1) is 13.4. The normalized spacial score (nSPS) is 23.4. The molecule has 1 aromatic carbocycles. The van der Waals surface area contributed by atoms with Gasteiger partial charge in [-0.3, -0.25) is 4.79 Å². The molecule has 1 unspecified atom stereocenters. The summed E-state index contributed by atoms with van der Waals surface area (Å²) in [6, 6.07) is 5.75. The predicted octanol–water partition coefficient (Wildman–Crippen LogP) is 1.64. The number of hydrogen-bond acceptors (Lipinski definition) is 3. The van der Waals surface area contributed by atoms with Crippen LogP contribution in [0.1, 0.15) is 18.9 Å². The summed E-state index contributed by atoms with van der Waals surface area (Å²) in [4.78, 5) is 13.6. The lowest BCUT2D eigenvalue weighted by atomic mass is 9.89. The van der Waals surface area contributed by atoms with Gasteiger partial charge >= 0.3 is 0 Å². The number of nitrogens with two attached hydrogens (primary N) is 1. The molecule has 0 saturated carbocycles. The van der Waals surface area contributed by atoms with Crippen molar-refractivity contribution in [3.05, 3.63) is 28.2 Å². The molecule has 98 valence electrons. The Labute approximate surface area is 115 Å². The Morgan fingerprint density at radius 3 is 2.83 bits per heavy atom. The zero-order chi connectivity index (χ0) is 13.3. The maximum atomic E-state index is 11.4. The number of anilines is 1. The number of primary amides is 1. The number of amides is 1. The van der Waals surface area contributed by atoms with Crippen molar-refractivity contribution in [1.82, 2.24) is 0 Å². The number of rotatable bonds is 3. The minimum absolute atomic E-state index is 0.0257. The zero-order valence-corrected chi connectivity index (χ0v) is 11.9. The summed E-state index contributed by atoms with van der Waals surface area (Å²) in [7, 11) is 0. The second kappa shape index (κ2) is 4.90. The molecule has 1 atom stereocenters. The standard InChI is InChI=1S/C13H17BrN2O2/c1-13(12(15)18)4-5-16(8-13)11-3-2-9(7-17)6-10(11)14/h2-3,6,17H,4-5,7-8H2,1H3,(H2,15,18). The molecule has 2 rings (SSSR count). The monoisotopic (exact) mass is 312 g/mol. The van der Waals surface area contributed by atoms with Crippen molar-refractivity contribution in [1.29, 1.82) is 0 Å². The minimum atomic E-state index is -0.449.